The first kappa shape index (κ1) is 22.3. The fourth-order valence-corrected chi connectivity index (χ4v) is 3.85. The van der Waals surface area contributed by atoms with Crippen LogP contribution in [0.4, 0.5) is 0 Å². The molecular weight excluding hydrogens is 344 g/mol. The lowest BCUT2D eigenvalue weighted by Gasteiger charge is -2.21. The first-order valence-electron chi connectivity index (χ1n) is 10.7. The van der Waals surface area contributed by atoms with Crippen LogP contribution in [0.2, 0.25) is 0 Å². The summed E-state index contributed by atoms with van der Waals surface area (Å²) >= 11 is 0. The lowest BCUT2D eigenvalue weighted by molar-refractivity contribution is -0.120. The van der Waals surface area contributed by atoms with Crippen LogP contribution in [-0.4, -0.2) is 16.8 Å². The summed E-state index contributed by atoms with van der Waals surface area (Å²) < 4.78 is 0. The van der Waals surface area contributed by atoms with Crippen LogP contribution in [0.25, 0.3) is 0 Å². The number of aryl methyl sites for hydroxylation is 1. The van der Waals surface area contributed by atoms with Crippen molar-refractivity contribution in [3.8, 4) is 0 Å². The molecule has 28 heavy (non-hydrogen) atoms. The summed E-state index contributed by atoms with van der Waals surface area (Å²) in [5.74, 6) is 1.37. The average molecular weight is 381 g/mol. The Labute approximate surface area is 171 Å². The Morgan fingerprint density at radius 1 is 1.04 bits per heavy atom. The van der Waals surface area contributed by atoms with Gasteiger partial charge in [-0.25, -0.2) is 0 Å². The van der Waals surface area contributed by atoms with Crippen LogP contribution in [0, 0.1) is 12.8 Å². The normalized spacial score (nSPS) is 15.6. The topological polar surface area (TPSA) is 42.0 Å². The quantitative estimate of drug-likeness (QED) is 0.686. The van der Waals surface area contributed by atoms with Crippen molar-refractivity contribution in [1.82, 2.24) is 10.3 Å². The third kappa shape index (κ3) is 7.55. The van der Waals surface area contributed by atoms with E-state index in [9.17, 15) is 4.79 Å². The van der Waals surface area contributed by atoms with E-state index in [0.29, 0.717) is 12.5 Å². The van der Waals surface area contributed by atoms with Crippen LogP contribution in [0.5, 0.6) is 0 Å². The fourth-order valence-electron chi connectivity index (χ4n) is 3.85. The minimum Gasteiger partial charge on any atom is -0.303 e. The standard InChI is InChI=1S/C13H18.C12H18N2O/c1-11-7-9-13(10-8-11)12-5-3-2-4-6-12;1-9(2)12(10(3)15)14-8-11-4-6-13-7-5-11/h7-10,12H,2-6H2,1H3;4-7,9,12,14H,8H2,1-3H3. The molecular formula is C25H36N2O. The van der Waals surface area contributed by atoms with Gasteiger partial charge in [0, 0.05) is 18.9 Å². The number of rotatable bonds is 6. The predicted molar refractivity (Wildman–Crippen MR) is 117 cm³/mol. The van der Waals surface area contributed by atoms with E-state index in [2.05, 4.69) is 41.5 Å². The first-order valence-corrected chi connectivity index (χ1v) is 10.7. The SMILES string of the molecule is CC(=O)C(NCc1ccncc1)C(C)C.Cc1ccc(C2CCCCC2)cc1. The van der Waals surface area contributed by atoms with Crippen molar-refractivity contribution in [3.63, 3.8) is 0 Å². The number of nitrogens with one attached hydrogen (secondary N) is 1. The molecule has 0 aliphatic heterocycles. The molecule has 1 aromatic heterocycles. The van der Waals surface area contributed by atoms with Crippen LogP contribution in [-0.2, 0) is 11.3 Å². The fraction of sp³-hybridized carbons (Fsp3) is 0.520. The first-order chi connectivity index (χ1) is 13.5. The molecule has 3 rings (SSSR count). The number of hydrogen-bond donors (Lipinski definition) is 1. The summed E-state index contributed by atoms with van der Waals surface area (Å²) in [6, 6.07) is 12.9. The molecule has 0 saturated heterocycles. The summed E-state index contributed by atoms with van der Waals surface area (Å²) in [6.45, 7) is 8.59. The van der Waals surface area contributed by atoms with Gasteiger partial charge in [0.15, 0.2) is 0 Å². The maximum Gasteiger partial charge on any atom is 0.146 e. The minimum absolute atomic E-state index is 0.0573. The number of Topliss-reactive ketones (excluding diaryl/α,β-unsaturated/α-hetero) is 1. The number of benzene rings is 1. The minimum atomic E-state index is -0.0573. The molecule has 1 atom stereocenters. The molecule has 1 heterocycles. The number of carbonyl (C=O) groups excluding carboxylic acids is 1. The van der Waals surface area contributed by atoms with Gasteiger partial charge < -0.3 is 5.32 Å². The highest BCUT2D eigenvalue weighted by Crippen LogP contribution is 2.32. The molecule has 1 N–H and O–H groups in total. The summed E-state index contributed by atoms with van der Waals surface area (Å²) in [6.07, 6.45) is 10.6. The molecule has 2 aromatic rings. The zero-order valence-electron chi connectivity index (χ0n) is 17.9. The molecule has 1 aliphatic rings. The van der Waals surface area contributed by atoms with Crippen LogP contribution in [0.3, 0.4) is 0 Å². The maximum atomic E-state index is 11.3. The van der Waals surface area contributed by atoms with Gasteiger partial charge in [-0.3, -0.25) is 9.78 Å². The van der Waals surface area contributed by atoms with Crippen molar-refractivity contribution in [2.75, 3.05) is 0 Å². The molecule has 0 radical (unpaired) electrons. The van der Waals surface area contributed by atoms with Gasteiger partial charge in [-0.05, 0) is 61.8 Å². The number of carbonyl (C=O) groups is 1. The zero-order valence-corrected chi connectivity index (χ0v) is 17.9. The number of ketones is 1. The zero-order chi connectivity index (χ0) is 20.4. The third-order valence-electron chi connectivity index (χ3n) is 5.53. The molecule has 1 aromatic carbocycles. The highest BCUT2D eigenvalue weighted by atomic mass is 16.1. The lowest BCUT2D eigenvalue weighted by Crippen LogP contribution is -2.39. The van der Waals surface area contributed by atoms with Gasteiger partial charge in [0.2, 0.25) is 0 Å². The van der Waals surface area contributed by atoms with Gasteiger partial charge in [-0.15, -0.1) is 0 Å². The van der Waals surface area contributed by atoms with Gasteiger partial charge >= 0.3 is 0 Å². The van der Waals surface area contributed by atoms with E-state index in [-0.39, 0.29) is 11.8 Å². The smallest absolute Gasteiger partial charge is 0.146 e. The third-order valence-corrected chi connectivity index (χ3v) is 5.53. The molecule has 3 heteroatoms. The summed E-state index contributed by atoms with van der Waals surface area (Å²) in [5.41, 5.74) is 4.08. The maximum absolute atomic E-state index is 11.3. The van der Waals surface area contributed by atoms with Crippen LogP contribution >= 0.6 is 0 Å². The molecule has 0 amide bonds. The summed E-state index contributed by atoms with van der Waals surface area (Å²) in [7, 11) is 0. The Balaban J connectivity index is 0.000000202. The molecule has 1 aliphatic carbocycles. The molecule has 1 saturated carbocycles. The van der Waals surface area contributed by atoms with Crippen LogP contribution < -0.4 is 5.32 Å². The summed E-state index contributed by atoms with van der Waals surface area (Å²) in [4.78, 5) is 15.3. The molecule has 1 fully saturated rings. The second kappa shape index (κ2) is 11.8. The molecule has 0 spiro atoms. The van der Waals surface area contributed by atoms with Crippen molar-refractivity contribution in [3.05, 3.63) is 65.5 Å². The van der Waals surface area contributed by atoms with Gasteiger partial charge in [0.05, 0.1) is 6.04 Å². The lowest BCUT2D eigenvalue weighted by atomic mass is 9.84. The highest BCUT2D eigenvalue weighted by Gasteiger charge is 2.17. The largest absolute Gasteiger partial charge is 0.303 e. The number of hydrogen-bond acceptors (Lipinski definition) is 3. The van der Waals surface area contributed by atoms with Gasteiger partial charge in [0.1, 0.15) is 5.78 Å². The number of nitrogens with zero attached hydrogens (tertiary/aromatic N) is 1. The van der Waals surface area contributed by atoms with E-state index in [4.69, 9.17) is 0 Å². The molecule has 1 unspecified atom stereocenters. The van der Waals surface area contributed by atoms with Gasteiger partial charge in [0.25, 0.3) is 0 Å². The van der Waals surface area contributed by atoms with Gasteiger partial charge in [-0.2, -0.15) is 0 Å². The van der Waals surface area contributed by atoms with E-state index in [1.807, 2.05) is 26.0 Å². The van der Waals surface area contributed by atoms with Gasteiger partial charge in [-0.1, -0.05) is 62.9 Å². The summed E-state index contributed by atoms with van der Waals surface area (Å²) in [5, 5.41) is 3.26. The number of pyridine rings is 1. The average Bonchev–Trinajstić information content (AvgIpc) is 2.70. The second-order valence-electron chi connectivity index (χ2n) is 8.31. The van der Waals surface area contributed by atoms with Crippen LogP contribution in [0.1, 0.15) is 75.5 Å². The van der Waals surface area contributed by atoms with E-state index in [1.54, 1.807) is 24.9 Å². The van der Waals surface area contributed by atoms with Crippen molar-refractivity contribution in [2.24, 2.45) is 5.92 Å². The Morgan fingerprint density at radius 3 is 2.18 bits per heavy atom. The monoisotopic (exact) mass is 380 g/mol. The Hall–Kier alpha value is -2.00. The second-order valence-corrected chi connectivity index (χ2v) is 8.31. The molecule has 3 nitrogen and oxygen atoms in total. The van der Waals surface area contributed by atoms with E-state index < -0.39 is 0 Å². The Kier molecular flexibility index (Phi) is 9.36. The van der Waals surface area contributed by atoms with Crippen molar-refractivity contribution in [1.29, 1.82) is 0 Å². The Bertz CT molecular complexity index is 688. The van der Waals surface area contributed by atoms with Crippen LogP contribution in [0.15, 0.2) is 48.8 Å². The molecule has 152 valence electrons. The predicted octanol–water partition coefficient (Wildman–Crippen LogP) is 5.83. The molecule has 0 bridgehead atoms. The Morgan fingerprint density at radius 2 is 1.64 bits per heavy atom. The van der Waals surface area contributed by atoms with E-state index >= 15 is 0 Å². The van der Waals surface area contributed by atoms with E-state index in [0.717, 1.165) is 11.5 Å². The number of aromatic nitrogens is 1. The van der Waals surface area contributed by atoms with E-state index in [1.165, 1.54) is 37.7 Å². The van der Waals surface area contributed by atoms with Crippen molar-refractivity contribution < 1.29 is 4.79 Å². The van der Waals surface area contributed by atoms with Crippen molar-refractivity contribution >= 4 is 5.78 Å². The highest BCUT2D eigenvalue weighted by molar-refractivity contribution is 5.81. The van der Waals surface area contributed by atoms with Crippen molar-refractivity contribution in [2.45, 2.75) is 78.3 Å².